The van der Waals surface area contributed by atoms with Gasteiger partial charge in [0.15, 0.2) is 0 Å². The van der Waals surface area contributed by atoms with Gasteiger partial charge in [-0.25, -0.2) is 0 Å². The van der Waals surface area contributed by atoms with Gasteiger partial charge < -0.3 is 23.7 Å². The highest BCUT2D eigenvalue weighted by atomic mass is 16.6. The molecule has 284 valence electrons. The lowest BCUT2D eigenvalue weighted by Crippen LogP contribution is -2.37. The van der Waals surface area contributed by atoms with Crippen molar-refractivity contribution in [3.63, 3.8) is 0 Å². The summed E-state index contributed by atoms with van der Waals surface area (Å²) in [7, 11) is 0. The number of carbonyl (C=O) groups is 2. The lowest BCUT2D eigenvalue weighted by Gasteiger charge is -2.26. The Morgan fingerprint density at radius 3 is 1.08 bits per heavy atom. The second kappa shape index (κ2) is 24.1. The van der Waals surface area contributed by atoms with E-state index >= 15 is 0 Å². The largest absolute Gasteiger partial charge is 0.465 e. The Kier molecular flexibility index (Phi) is 20.0. The minimum absolute atomic E-state index is 0.110. The van der Waals surface area contributed by atoms with E-state index in [1.54, 1.807) is 0 Å². The number of unbranched alkanes of at least 4 members (excludes halogenated alkanes) is 18. The fourth-order valence-electron chi connectivity index (χ4n) is 8.09. The van der Waals surface area contributed by atoms with Gasteiger partial charge >= 0.3 is 11.9 Å². The van der Waals surface area contributed by atoms with Crippen molar-refractivity contribution in [2.75, 3.05) is 13.2 Å². The highest BCUT2D eigenvalue weighted by Crippen LogP contribution is 2.44. The minimum atomic E-state index is -0.431. The van der Waals surface area contributed by atoms with Gasteiger partial charge in [-0.1, -0.05) is 142 Å². The van der Waals surface area contributed by atoms with Gasteiger partial charge in [-0.3, -0.25) is 9.59 Å². The number of ether oxygens (including phenoxy) is 5. The SMILES string of the molecule is CCCCCCC1OC1CCCCCCCCCOC(=O)C1CC2OC2CC1C(=O)OCCCCCCCCCC1OC1CCCCCC. The minimum Gasteiger partial charge on any atom is -0.465 e. The molecule has 0 aromatic carbocycles. The molecule has 0 amide bonds. The molecule has 1 aliphatic carbocycles. The fourth-order valence-corrected chi connectivity index (χ4v) is 8.09. The van der Waals surface area contributed by atoms with Crippen LogP contribution < -0.4 is 0 Å². The fraction of sp³-hybridized carbons (Fsp3) is 0.952. The van der Waals surface area contributed by atoms with Gasteiger partial charge in [0.1, 0.15) is 0 Å². The number of epoxide rings is 3. The number of rotatable bonds is 32. The quantitative estimate of drug-likeness (QED) is 0.0394. The molecule has 0 aromatic rings. The average molecular weight is 691 g/mol. The van der Waals surface area contributed by atoms with E-state index in [4.69, 9.17) is 23.7 Å². The number of fused-ring (bicyclic) bond motifs is 1. The van der Waals surface area contributed by atoms with E-state index in [0.29, 0.717) is 50.5 Å². The van der Waals surface area contributed by atoms with E-state index in [1.165, 1.54) is 141 Å². The maximum atomic E-state index is 13.0. The van der Waals surface area contributed by atoms with Crippen LogP contribution in [0.1, 0.15) is 194 Å². The Hall–Kier alpha value is -1.18. The third-order valence-electron chi connectivity index (χ3n) is 11.6. The van der Waals surface area contributed by atoms with Crippen LogP contribution in [-0.2, 0) is 33.3 Å². The summed E-state index contributed by atoms with van der Waals surface area (Å²) in [6.07, 6.45) is 35.7. The van der Waals surface area contributed by atoms with E-state index in [1.807, 2.05) is 0 Å². The van der Waals surface area contributed by atoms with Crippen molar-refractivity contribution in [1.82, 2.24) is 0 Å². The Morgan fingerprint density at radius 2 is 0.735 bits per heavy atom. The predicted octanol–water partition coefficient (Wildman–Crippen LogP) is 10.6. The Morgan fingerprint density at radius 1 is 0.429 bits per heavy atom. The maximum absolute atomic E-state index is 13.0. The third-order valence-corrected chi connectivity index (χ3v) is 11.6. The van der Waals surface area contributed by atoms with E-state index in [0.717, 1.165) is 25.7 Å². The summed E-state index contributed by atoms with van der Waals surface area (Å²) in [5.41, 5.74) is 0. The standard InChI is InChI=1S/C42H74O7/c1-3-5-7-19-25-35-37(47-35)27-21-15-11-9-13-17-23-29-45-41(43)33-31-39-40(49-39)32-34(33)42(44)46-30-24-18-14-10-12-16-22-28-38-36(48-38)26-20-8-6-4-2/h33-40H,3-32H2,1-2H3. The van der Waals surface area contributed by atoms with Crippen LogP contribution in [-0.4, -0.2) is 61.8 Å². The smallest absolute Gasteiger partial charge is 0.309 e. The molecule has 49 heavy (non-hydrogen) atoms. The summed E-state index contributed by atoms with van der Waals surface area (Å²) >= 11 is 0. The van der Waals surface area contributed by atoms with Crippen LogP contribution >= 0.6 is 0 Å². The van der Waals surface area contributed by atoms with Crippen molar-refractivity contribution in [3.05, 3.63) is 0 Å². The van der Waals surface area contributed by atoms with Crippen molar-refractivity contribution >= 4 is 11.9 Å². The van der Waals surface area contributed by atoms with Crippen molar-refractivity contribution in [2.24, 2.45) is 11.8 Å². The number of hydrogen-bond donors (Lipinski definition) is 0. The first kappa shape index (κ1) is 40.6. The summed E-state index contributed by atoms with van der Waals surface area (Å²) in [6, 6.07) is 0. The molecule has 7 heteroatoms. The molecule has 4 fully saturated rings. The molecule has 4 aliphatic rings. The van der Waals surface area contributed by atoms with Gasteiger partial charge in [0.25, 0.3) is 0 Å². The van der Waals surface area contributed by atoms with Gasteiger partial charge in [-0.2, -0.15) is 0 Å². The first-order valence-corrected chi connectivity index (χ1v) is 21.4. The average Bonchev–Trinajstić information content (AvgIpc) is 4.02. The molecule has 7 nitrogen and oxygen atoms in total. The molecule has 0 bridgehead atoms. The Balaban J connectivity index is 0.926. The zero-order chi connectivity index (χ0) is 34.5. The number of carbonyl (C=O) groups excluding carboxylic acids is 2. The first-order chi connectivity index (χ1) is 24.1. The summed E-state index contributed by atoms with van der Waals surface area (Å²) in [6.45, 7) is 5.41. The van der Waals surface area contributed by atoms with Gasteiger partial charge in [0.2, 0.25) is 0 Å². The molecule has 0 radical (unpaired) electrons. The van der Waals surface area contributed by atoms with Crippen molar-refractivity contribution in [2.45, 2.75) is 230 Å². The van der Waals surface area contributed by atoms with Crippen molar-refractivity contribution < 1.29 is 33.3 Å². The van der Waals surface area contributed by atoms with E-state index < -0.39 is 11.8 Å². The normalized spacial score (nSPS) is 28.2. The van der Waals surface area contributed by atoms with Crippen LogP contribution in [0.15, 0.2) is 0 Å². The molecule has 3 aliphatic heterocycles. The van der Waals surface area contributed by atoms with Gasteiger partial charge in [-0.05, 0) is 51.4 Å². The summed E-state index contributed by atoms with van der Waals surface area (Å²) < 4.78 is 28.7. The maximum Gasteiger partial charge on any atom is 0.309 e. The topological polar surface area (TPSA) is 90.2 Å². The monoisotopic (exact) mass is 691 g/mol. The molecule has 8 atom stereocenters. The highest BCUT2D eigenvalue weighted by Gasteiger charge is 2.53. The van der Waals surface area contributed by atoms with Crippen LogP contribution in [0.25, 0.3) is 0 Å². The molecule has 3 saturated heterocycles. The second-order valence-corrected chi connectivity index (χ2v) is 15.9. The zero-order valence-corrected chi connectivity index (χ0v) is 31.7. The molecule has 0 aromatic heterocycles. The summed E-state index contributed by atoms with van der Waals surface area (Å²) in [5, 5.41) is 0. The van der Waals surface area contributed by atoms with Crippen LogP contribution in [0.5, 0.6) is 0 Å². The molecule has 1 saturated carbocycles. The van der Waals surface area contributed by atoms with E-state index in [9.17, 15) is 9.59 Å². The molecule has 4 rings (SSSR count). The second-order valence-electron chi connectivity index (χ2n) is 15.9. The van der Waals surface area contributed by atoms with Crippen LogP contribution in [0, 0.1) is 11.8 Å². The Labute approximate surface area is 300 Å². The molecular formula is C42H74O7. The zero-order valence-electron chi connectivity index (χ0n) is 31.7. The van der Waals surface area contributed by atoms with Gasteiger partial charge in [0, 0.05) is 0 Å². The third kappa shape index (κ3) is 16.8. The molecule has 3 heterocycles. The van der Waals surface area contributed by atoms with Crippen molar-refractivity contribution in [3.8, 4) is 0 Å². The van der Waals surface area contributed by atoms with Crippen LogP contribution in [0.4, 0.5) is 0 Å². The van der Waals surface area contributed by atoms with E-state index in [2.05, 4.69) is 13.8 Å². The molecular weight excluding hydrogens is 616 g/mol. The lowest BCUT2D eigenvalue weighted by molar-refractivity contribution is -0.162. The van der Waals surface area contributed by atoms with Crippen LogP contribution in [0.2, 0.25) is 0 Å². The number of esters is 2. The number of hydrogen-bond acceptors (Lipinski definition) is 7. The van der Waals surface area contributed by atoms with Gasteiger partial charge in [-0.15, -0.1) is 0 Å². The molecule has 0 N–H and O–H groups in total. The molecule has 8 unspecified atom stereocenters. The van der Waals surface area contributed by atoms with Crippen LogP contribution in [0.3, 0.4) is 0 Å². The van der Waals surface area contributed by atoms with Gasteiger partial charge in [0.05, 0.1) is 61.7 Å². The molecule has 0 spiro atoms. The highest BCUT2D eigenvalue weighted by molar-refractivity contribution is 5.82. The van der Waals surface area contributed by atoms with Crippen molar-refractivity contribution in [1.29, 1.82) is 0 Å². The predicted molar refractivity (Wildman–Crippen MR) is 196 cm³/mol. The lowest BCUT2D eigenvalue weighted by atomic mass is 9.79. The van der Waals surface area contributed by atoms with E-state index in [-0.39, 0.29) is 24.1 Å². The first-order valence-electron chi connectivity index (χ1n) is 21.4. The summed E-state index contributed by atoms with van der Waals surface area (Å²) in [5.74, 6) is -1.34. The Bertz CT molecular complexity index is 824. The summed E-state index contributed by atoms with van der Waals surface area (Å²) in [4.78, 5) is 26.0.